The van der Waals surface area contributed by atoms with Crippen LogP contribution in [0.1, 0.15) is 41.9 Å². The zero-order valence-electron chi connectivity index (χ0n) is 17.0. The fourth-order valence-corrected chi connectivity index (χ4v) is 4.32. The molecular weight excluding hydrogens is 448 g/mol. The number of benzene rings is 1. The van der Waals surface area contributed by atoms with E-state index >= 15 is 0 Å². The van der Waals surface area contributed by atoms with Crippen LogP contribution in [-0.2, 0) is 9.84 Å². The Labute approximate surface area is 184 Å². The van der Waals surface area contributed by atoms with Crippen LogP contribution in [0.2, 0.25) is 5.02 Å². The number of hydrogen-bond donors (Lipinski definition) is 1. The topological polar surface area (TPSA) is 79.4 Å². The third kappa shape index (κ3) is 5.80. The molecule has 1 aromatic heterocycles. The molecule has 3 rings (SSSR count). The average Bonchev–Trinajstić information content (AvgIpc) is 3.15. The Morgan fingerprint density at radius 2 is 2.10 bits per heavy atom. The standard InChI is InChI=1S/C21H22ClF2N3O3S/c1-13(7-9-31(2,29)30)26-21(28)20-18(24)11-15(12-25-20)27-8-3-4-19(27)16-6-5-14(23)10-17(16)22/h5-7,9-13,19H,3-4,8H2,1-2H3,(H,26,28)/b9-7+/t13-,19?/m1/s1. The molecule has 0 saturated carbocycles. The largest absolute Gasteiger partial charge is 0.363 e. The number of halogens is 3. The van der Waals surface area contributed by atoms with Gasteiger partial charge in [-0.2, -0.15) is 0 Å². The minimum absolute atomic E-state index is 0.157. The van der Waals surface area contributed by atoms with Gasteiger partial charge in [0.05, 0.1) is 17.9 Å². The van der Waals surface area contributed by atoms with E-state index in [4.69, 9.17) is 11.6 Å². The predicted molar refractivity (Wildman–Crippen MR) is 116 cm³/mol. The first-order valence-corrected chi connectivity index (χ1v) is 11.9. The number of rotatable bonds is 6. The van der Waals surface area contributed by atoms with Crippen LogP contribution in [0.3, 0.4) is 0 Å². The van der Waals surface area contributed by atoms with Crippen molar-refractivity contribution in [1.82, 2.24) is 10.3 Å². The van der Waals surface area contributed by atoms with Gasteiger partial charge in [0, 0.05) is 35.3 Å². The summed E-state index contributed by atoms with van der Waals surface area (Å²) in [6.45, 7) is 2.20. The number of hydrogen-bond acceptors (Lipinski definition) is 5. The third-order valence-corrected chi connectivity index (χ3v) is 5.90. The highest BCUT2D eigenvalue weighted by atomic mass is 35.5. The van der Waals surface area contributed by atoms with Gasteiger partial charge in [-0.3, -0.25) is 4.79 Å². The van der Waals surface area contributed by atoms with Crippen molar-refractivity contribution >= 4 is 33.0 Å². The number of nitrogens with zero attached hydrogens (tertiary/aromatic N) is 2. The summed E-state index contributed by atoms with van der Waals surface area (Å²) in [5.41, 5.74) is 0.843. The van der Waals surface area contributed by atoms with E-state index in [2.05, 4.69) is 10.3 Å². The van der Waals surface area contributed by atoms with Crippen LogP contribution < -0.4 is 10.2 Å². The van der Waals surface area contributed by atoms with Crippen LogP contribution in [-0.4, -0.2) is 38.2 Å². The minimum Gasteiger partial charge on any atom is -0.363 e. The van der Waals surface area contributed by atoms with Gasteiger partial charge in [0.25, 0.3) is 5.91 Å². The van der Waals surface area contributed by atoms with Gasteiger partial charge in [-0.05, 0) is 37.5 Å². The van der Waals surface area contributed by atoms with Crippen molar-refractivity contribution in [2.75, 3.05) is 17.7 Å². The average molecular weight is 470 g/mol. The minimum atomic E-state index is -3.33. The molecule has 166 valence electrons. The highest BCUT2D eigenvalue weighted by molar-refractivity contribution is 7.93. The molecule has 2 aromatic rings. The van der Waals surface area contributed by atoms with Crippen molar-refractivity contribution in [3.63, 3.8) is 0 Å². The molecule has 1 N–H and O–H groups in total. The lowest BCUT2D eigenvalue weighted by molar-refractivity contribution is 0.0937. The second-order valence-corrected chi connectivity index (χ2v) is 9.80. The molecule has 1 fully saturated rings. The van der Waals surface area contributed by atoms with Crippen molar-refractivity contribution in [2.24, 2.45) is 0 Å². The van der Waals surface area contributed by atoms with E-state index in [9.17, 15) is 22.0 Å². The molecule has 2 atom stereocenters. The SMILES string of the molecule is C[C@H](/C=C/S(C)(=O)=O)NC(=O)c1ncc(N2CCCC2c2ccc(F)cc2Cl)cc1F. The molecule has 31 heavy (non-hydrogen) atoms. The van der Waals surface area contributed by atoms with Crippen molar-refractivity contribution in [1.29, 1.82) is 0 Å². The molecule has 1 saturated heterocycles. The van der Waals surface area contributed by atoms with Crippen LogP contribution in [0.5, 0.6) is 0 Å². The summed E-state index contributed by atoms with van der Waals surface area (Å²) >= 11 is 6.21. The Hall–Kier alpha value is -2.52. The van der Waals surface area contributed by atoms with Gasteiger partial charge in [-0.15, -0.1) is 0 Å². The van der Waals surface area contributed by atoms with Crippen molar-refractivity contribution in [3.05, 3.63) is 69.9 Å². The summed E-state index contributed by atoms with van der Waals surface area (Å²) in [6.07, 6.45) is 5.33. The fraction of sp³-hybridized carbons (Fsp3) is 0.333. The van der Waals surface area contributed by atoms with Gasteiger partial charge >= 0.3 is 0 Å². The molecule has 6 nitrogen and oxygen atoms in total. The van der Waals surface area contributed by atoms with Crippen LogP contribution >= 0.6 is 11.6 Å². The maximum Gasteiger partial charge on any atom is 0.273 e. The third-order valence-electron chi connectivity index (χ3n) is 4.92. The maximum atomic E-state index is 14.7. The molecule has 1 unspecified atom stereocenters. The van der Waals surface area contributed by atoms with Crippen molar-refractivity contribution in [2.45, 2.75) is 31.8 Å². The van der Waals surface area contributed by atoms with Gasteiger partial charge in [0.2, 0.25) is 0 Å². The van der Waals surface area contributed by atoms with Gasteiger partial charge in [-0.1, -0.05) is 23.7 Å². The number of carbonyl (C=O) groups is 1. The van der Waals surface area contributed by atoms with E-state index in [0.29, 0.717) is 17.3 Å². The number of amides is 1. The number of aromatic nitrogens is 1. The van der Waals surface area contributed by atoms with E-state index in [1.54, 1.807) is 13.0 Å². The summed E-state index contributed by atoms with van der Waals surface area (Å²) in [5.74, 6) is -1.98. The number of nitrogens with one attached hydrogen (secondary N) is 1. The molecule has 2 heterocycles. The van der Waals surface area contributed by atoms with E-state index in [0.717, 1.165) is 30.1 Å². The fourth-order valence-electron chi connectivity index (χ4n) is 3.51. The lowest BCUT2D eigenvalue weighted by atomic mass is 10.0. The van der Waals surface area contributed by atoms with Crippen molar-refractivity contribution < 1.29 is 22.0 Å². The maximum absolute atomic E-state index is 14.7. The van der Waals surface area contributed by atoms with Gasteiger partial charge < -0.3 is 10.2 Å². The number of carbonyl (C=O) groups excluding carboxylic acids is 1. The lowest BCUT2D eigenvalue weighted by Gasteiger charge is -2.27. The monoisotopic (exact) mass is 469 g/mol. The normalized spacial score (nSPS) is 17.8. The molecule has 1 aliphatic rings. The molecule has 10 heteroatoms. The highest BCUT2D eigenvalue weighted by Gasteiger charge is 2.29. The quantitative estimate of drug-likeness (QED) is 0.691. The van der Waals surface area contributed by atoms with E-state index < -0.39 is 33.4 Å². The Morgan fingerprint density at radius 1 is 1.35 bits per heavy atom. The van der Waals surface area contributed by atoms with Crippen LogP contribution in [0.25, 0.3) is 0 Å². The highest BCUT2D eigenvalue weighted by Crippen LogP contribution is 2.39. The first-order valence-electron chi connectivity index (χ1n) is 9.61. The van der Waals surface area contributed by atoms with Crippen LogP contribution in [0.4, 0.5) is 14.5 Å². The summed E-state index contributed by atoms with van der Waals surface area (Å²) in [7, 11) is -3.33. The molecule has 0 bridgehead atoms. The van der Waals surface area contributed by atoms with E-state index in [1.807, 2.05) is 4.90 Å². The van der Waals surface area contributed by atoms with E-state index in [-0.39, 0.29) is 11.7 Å². The molecule has 0 radical (unpaired) electrons. The van der Waals surface area contributed by atoms with Gasteiger partial charge in [0.15, 0.2) is 21.3 Å². The van der Waals surface area contributed by atoms with Crippen LogP contribution in [0, 0.1) is 11.6 Å². The molecule has 1 aliphatic heterocycles. The molecular formula is C21H22ClF2N3O3S. The number of anilines is 1. The number of sulfone groups is 1. The van der Waals surface area contributed by atoms with E-state index in [1.165, 1.54) is 30.5 Å². The Bertz CT molecular complexity index is 1120. The molecule has 1 aromatic carbocycles. The van der Waals surface area contributed by atoms with Crippen molar-refractivity contribution in [3.8, 4) is 0 Å². The lowest BCUT2D eigenvalue weighted by Crippen LogP contribution is -2.32. The Balaban J connectivity index is 1.78. The molecule has 1 amide bonds. The van der Waals surface area contributed by atoms with Gasteiger partial charge in [-0.25, -0.2) is 22.2 Å². The Morgan fingerprint density at radius 3 is 2.74 bits per heavy atom. The zero-order chi connectivity index (χ0) is 22.8. The number of pyridine rings is 1. The zero-order valence-corrected chi connectivity index (χ0v) is 18.6. The predicted octanol–water partition coefficient (Wildman–Crippen LogP) is 4.03. The van der Waals surface area contributed by atoms with Crippen LogP contribution in [0.15, 0.2) is 41.9 Å². The molecule has 0 spiro atoms. The first-order chi connectivity index (χ1) is 14.5. The van der Waals surface area contributed by atoms with Gasteiger partial charge in [0.1, 0.15) is 5.82 Å². The first kappa shape index (κ1) is 23.1. The Kier molecular flexibility index (Phi) is 6.96. The summed E-state index contributed by atoms with van der Waals surface area (Å²) in [5, 5.41) is 3.76. The smallest absolute Gasteiger partial charge is 0.273 e. The second kappa shape index (κ2) is 9.32. The second-order valence-electron chi connectivity index (χ2n) is 7.46. The molecule has 0 aliphatic carbocycles. The summed E-state index contributed by atoms with van der Waals surface area (Å²) in [6, 6.07) is 4.65. The summed E-state index contributed by atoms with van der Waals surface area (Å²) < 4.78 is 50.4. The summed E-state index contributed by atoms with van der Waals surface area (Å²) in [4.78, 5) is 18.2.